The molecule has 58 heavy (non-hydrogen) atoms. The minimum absolute atomic E-state index is 0.00736. The van der Waals surface area contributed by atoms with Gasteiger partial charge in [0.1, 0.15) is 29.5 Å². The summed E-state index contributed by atoms with van der Waals surface area (Å²) in [7, 11) is 1.40. The fourth-order valence-electron chi connectivity index (χ4n) is 8.24. The molecular formula is C43H54N6O8S. The van der Waals surface area contributed by atoms with E-state index in [4.69, 9.17) is 9.47 Å². The summed E-state index contributed by atoms with van der Waals surface area (Å²) < 4.78 is 39.6. The van der Waals surface area contributed by atoms with Crippen molar-refractivity contribution in [3.8, 4) is 11.6 Å². The molecule has 3 heterocycles. The molecule has 2 aliphatic heterocycles. The van der Waals surface area contributed by atoms with Gasteiger partial charge in [0.15, 0.2) is 0 Å². The Morgan fingerprint density at radius 3 is 2.47 bits per heavy atom. The Balaban J connectivity index is 1.23. The Labute approximate surface area is 340 Å². The van der Waals surface area contributed by atoms with Gasteiger partial charge < -0.3 is 29.9 Å². The van der Waals surface area contributed by atoms with Crippen LogP contribution in [0.5, 0.6) is 11.6 Å². The number of allylic oxidation sites excluding steroid dienone is 1. The number of pyridine rings is 1. The second-order valence-electron chi connectivity index (χ2n) is 17.1. The Kier molecular flexibility index (Phi) is 11.2. The molecule has 3 N–H and O–H groups in total. The molecule has 2 aliphatic carbocycles. The summed E-state index contributed by atoms with van der Waals surface area (Å²) in [6, 6.07) is 12.3. The number of ether oxygens (including phenoxy) is 2. The van der Waals surface area contributed by atoms with Gasteiger partial charge in [-0.2, -0.15) is 0 Å². The summed E-state index contributed by atoms with van der Waals surface area (Å²) >= 11 is 0. The van der Waals surface area contributed by atoms with E-state index in [1.54, 1.807) is 38.4 Å². The van der Waals surface area contributed by atoms with E-state index in [-0.39, 0.29) is 31.2 Å². The summed E-state index contributed by atoms with van der Waals surface area (Å²) in [5.74, 6) is -1.91. The summed E-state index contributed by atoms with van der Waals surface area (Å²) in [5, 5.41) is 7.49. The lowest BCUT2D eigenvalue weighted by Crippen LogP contribution is -2.59. The monoisotopic (exact) mass is 814 g/mol. The minimum Gasteiger partial charge on any atom is -0.497 e. The molecule has 2 aromatic carbocycles. The molecule has 1 aromatic heterocycles. The number of aromatic nitrogens is 1. The van der Waals surface area contributed by atoms with Gasteiger partial charge in [0.25, 0.3) is 11.8 Å². The van der Waals surface area contributed by atoms with Crippen molar-refractivity contribution in [2.24, 2.45) is 17.8 Å². The number of fused-ring (bicyclic) bond motifs is 3. The highest BCUT2D eigenvalue weighted by Gasteiger charge is 2.63. The highest BCUT2D eigenvalue weighted by Crippen LogP contribution is 2.47. The molecule has 3 aromatic rings. The lowest BCUT2D eigenvalue weighted by atomic mass is 9.87. The molecule has 2 saturated carbocycles. The first-order valence-corrected chi connectivity index (χ1v) is 21.6. The van der Waals surface area contributed by atoms with Crippen LogP contribution in [0.2, 0.25) is 0 Å². The molecule has 7 rings (SSSR count). The molecule has 4 aliphatic rings. The van der Waals surface area contributed by atoms with Gasteiger partial charge >= 0.3 is 0 Å². The third-order valence-electron chi connectivity index (χ3n) is 12.4. The van der Waals surface area contributed by atoms with Crippen LogP contribution < -0.4 is 29.7 Å². The maximum Gasteiger partial charge on any atom is 0.259 e. The minimum atomic E-state index is -4.00. The molecule has 0 bridgehead atoms. The maximum atomic E-state index is 15.0. The van der Waals surface area contributed by atoms with E-state index in [0.29, 0.717) is 48.3 Å². The summed E-state index contributed by atoms with van der Waals surface area (Å²) in [4.78, 5) is 65.3. The molecule has 1 saturated heterocycles. The number of benzene rings is 2. The number of methoxy groups -OCH3 is 1. The predicted octanol–water partition coefficient (Wildman–Crippen LogP) is 4.34. The summed E-state index contributed by atoms with van der Waals surface area (Å²) in [6.07, 6.45) is 7.98. The van der Waals surface area contributed by atoms with E-state index in [0.717, 1.165) is 17.5 Å². The quantitative estimate of drug-likeness (QED) is 0.264. The van der Waals surface area contributed by atoms with Crippen LogP contribution in [0.15, 0.2) is 66.9 Å². The largest absolute Gasteiger partial charge is 0.497 e. The molecule has 7 atom stereocenters. The zero-order chi connectivity index (χ0) is 41.6. The normalized spacial score (nSPS) is 28.8. The lowest BCUT2D eigenvalue weighted by molar-refractivity contribution is -0.142. The van der Waals surface area contributed by atoms with Crippen molar-refractivity contribution in [3.63, 3.8) is 0 Å². The number of carbonyl (C=O) groups excluding carboxylic acids is 4. The lowest BCUT2D eigenvalue weighted by Gasteiger charge is -2.33. The molecule has 3 fully saturated rings. The Morgan fingerprint density at radius 2 is 1.78 bits per heavy atom. The molecule has 0 radical (unpaired) electrons. The van der Waals surface area contributed by atoms with Gasteiger partial charge in [-0.3, -0.25) is 23.9 Å². The van der Waals surface area contributed by atoms with E-state index in [9.17, 15) is 27.6 Å². The van der Waals surface area contributed by atoms with Crippen molar-refractivity contribution in [2.75, 3.05) is 32.6 Å². The fourth-order valence-corrected chi connectivity index (χ4v) is 9.55. The second-order valence-corrected chi connectivity index (χ2v) is 19.3. The van der Waals surface area contributed by atoms with Gasteiger partial charge in [0.2, 0.25) is 27.7 Å². The van der Waals surface area contributed by atoms with Crippen LogP contribution in [0.1, 0.15) is 76.1 Å². The maximum absolute atomic E-state index is 15.0. The number of carbonyl (C=O) groups is 4. The second kappa shape index (κ2) is 15.9. The van der Waals surface area contributed by atoms with Gasteiger partial charge in [0, 0.05) is 49.3 Å². The smallest absolute Gasteiger partial charge is 0.259 e. The zero-order valence-electron chi connectivity index (χ0n) is 34.0. The number of nitrogens with one attached hydrogen (secondary N) is 3. The van der Waals surface area contributed by atoms with Gasteiger partial charge in [0.05, 0.1) is 18.4 Å². The van der Waals surface area contributed by atoms with E-state index in [2.05, 4.69) is 27.3 Å². The Hall–Kier alpha value is -5.18. The number of amides is 4. The Bertz CT molecular complexity index is 2220. The highest BCUT2D eigenvalue weighted by atomic mass is 32.2. The fraction of sp³-hybridized carbons (Fsp3) is 0.512. The number of sulfonamides is 1. The van der Waals surface area contributed by atoms with Crippen LogP contribution in [0.25, 0.3) is 10.8 Å². The van der Waals surface area contributed by atoms with Crippen LogP contribution >= 0.6 is 0 Å². The van der Waals surface area contributed by atoms with Crippen molar-refractivity contribution >= 4 is 50.1 Å². The van der Waals surface area contributed by atoms with Gasteiger partial charge in [-0.25, -0.2) is 13.4 Å². The summed E-state index contributed by atoms with van der Waals surface area (Å²) in [6.45, 7) is 5.63. The van der Waals surface area contributed by atoms with Gasteiger partial charge in [-0.1, -0.05) is 26.0 Å². The topological polar surface area (TPSA) is 176 Å². The zero-order valence-corrected chi connectivity index (χ0v) is 34.8. The van der Waals surface area contributed by atoms with Crippen molar-refractivity contribution in [1.82, 2.24) is 25.2 Å². The van der Waals surface area contributed by atoms with Crippen molar-refractivity contribution in [1.29, 1.82) is 0 Å². The standard InChI is InChI=1S/C43H54N6O8S/c1-26-9-7-8-10-30-24-43(30,41(53)47-58(54,55)42(3)18-19-42)46-38(51)35-23-33(57-39-34-16-15-32(56-6)22-29(34)17-20-44-39)25-49(35)40(52)36(27(2)21-26)45-37(50)28-11-13-31(14-12-28)48(4)5/h8,10-17,20,22,26-27,30,33,35-36H,7,9,18-19,21,23-25H2,1-6H3,(H,45,50)(H,46,51)(H,47,53)/b10-8-/t26-,27+,30+,33+,35-,36-,43+/m0/s1. The first kappa shape index (κ1) is 41.0. The van der Waals surface area contributed by atoms with E-state index >= 15 is 0 Å². The number of nitrogens with zero attached hydrogens (tertiary/aromatic N) is 3. The average molecular weight is 815 g/mol. The first-order valence-electron chi connectivity index (χ1n) is 20.1. The molecule has 0 unspecified atom stereocenters. The van der Waals surface area contributed by atoms with Gasteiger partial charge in [-0.05, 0) is 111 Å². The average Bonchev–Trinajstić information content (AvgIpc) is 4.08. The van der Waals surface area contributed by atoms with E-state index < -0.39 is 68.0 Å². The van der Waals surface area contributed by atoms with Crippen molar-refractivity contribution < 1.29 is 37.1 Å². The molecule has 14 nitrogen and oxygen atoms in total. The third-order valence-corrected chi connectivity index (χ3v) is 14.6. The highest BCUT2D eigenvalue weighted by molar-refractivity contribution is 7.91. The van der Waals surface area contributed by atoms with Crippen molar-refractivity contribution in [3.05, 3.63) is 72.4 Å². The van der Waals surface area contributed by atoms with Crippen LogP contribution in [-0.2, 0) is 24.4 Å². The molecule has 0 spiro atoms. The van der Waals surface area contributed by atoms with Crippen LogP contribution in [0, 0.1) is 17.8 Å². The predicted molar refractivity (Wildman–Crippen MR) is 220 cm³/mol. The number of rotatable bonds is 9. The van der Waals surface area contributed by atoms with Gasteiger partial charge in [-0.15, -0.1) is 0 Å². The van der Waals surface area contributed by atoms with Crippen LogP contribution in [-0.4, -0.2) is 98.2 Å². The first-order chi connectivity index (χ1) is 27.5. The molecule has 15 heteroatoms. The Morgan fingerprint density at radius 1 is 1.03 bits per heavy atom. The van der Waals surface area contributed by atoms with Crippen LogP contribution in [0.4, 0.5) is 5.69 Å². The van der Waals surface area contributed by atoms with Crippen LogP contribution in [0.3, 0.4) is 0 Å². The van der Waals surface area contributed by atoms with Crippen molar-refractivity contribution in [2.45, 2.75) is 94.2 Å². The van der Waals surface area contributed by atoms with E-state index in [1.807, 2.05) is 68.4 Å². The molecular weight excluding hydrogens is 761 g/mol. The third kappa shape index (κ3) is 8.23. The number of hydrogen-bond donors (Lipinski definition) is 3. The molecule has 310 valence electrons. The van der Waals surface area contributed by atoms with E-state index in [1.165, 1.54) is 4.90 Å². The summed E-state index contributed by atoms with van der Waals surface area (Å²) in [5.41, 5.74) is -0.224. The number of anilines is 1. The number of hydrogen-bond acceptors (Lipinski definition) is 10. The molecule has 4 amide bonds. The SMILES string of the molecule is COc1ccc2c(O[C@@H]3C[C@H]4C(=O)N[C@]5(C(=O)NS(=O)(=O)C6(C)CC6)C[C@H]5/C=C\CC[C@H](C)C[C@@H](C)[C@H](NC(=O)c5ccc(N(C)C)cc5)C(=O)N4C3)nccc2c1.